The lowest BCUT2D eigenvalue weighted by Gasteiger charge is -2.26. The van der Waals surface area contributed by atoms with Crippen molar-refractivity contribution in [3.63, 3.8) is 0 Å². The highest BCUT2D eigenvalue weighted by Gasteiger charge is 2.31. The fourth-order valence-electron chi connectivity index (χ4n) is 4.45. The Balaban J connectivity index is 1.71. The third kappa shape index (κ3) is 4.68. The highest BCUT2D eigenvalue weighted by Crippen LogP contribution is 2.34. The highest BCUT2D eigenvalue weighted by atomic mass is 16.5. The van der Waals surface area contributed by atoms with Crippen LogP contribution in [0.5, 0.6) is 0 Å². The Labute approximate surface area is 183 Å². The molecule has 2 aromatic heterocycles. The summed E-state index contributed by atoms with van der Waals surface area (Å²) in [5.41, 5.74) is 2.74. The summed E-state index contributed by atoms with van der Waals surface area (Å²) in [6.45, 7) is 6.70. The summed E-state index contributed by atoms with van der Waals surface area (Å²) in [4.78, 5) is 17.6. The van der Waals surface area contributed by atoms with Crippen LogP contribution >= 0.6 is 0 Å². The summed E-state index contributed by atoms with van der Waals surface area (Å²) in [6, 6.07) is 13.8. The summed E-state index contributed by atoms with van der Waals surface area (Å²) in [5.74, 6) is 1.81. The van der Waals surface area contributed by atoms with Gasteiger partial charge >= 0.3 is 0 Å². The van der Waals surface area contributed by atoms with E-state index >= 15 is 0 Å². The number of carbonyl (C=O) groups excluding carboxylic acids is 1. The van der Waals surface area contributed by atoms with Crippen LogP contribution in [0.25, 0.3) is 11.3 Å². The number of nitrogens with zero attached hydrogens (tertiary/aromatic N) is 3. The van der Waals surface area contributed by atoms with E-state index in [9.17, 15) is 4.79 Å². The van der Waals surface area contributed by atoms with E-state index in [0.29, 0.717) is 13.1 Å². The molecule has 1 fully saturated rings. The summed E-state index contributed by atoms with van der Waals surface area (Å²) < 4.78 is 11.4. The molecule has 1 saturated carbocycles. The zero-order valence-electron chi connectivity index (χ0n) is 18.4. The van der Waals surface area contributed by atoms with Gasteiger partial charge in [0.05, 0.1) is 24.9 Å². The third-order valence-electron chi connectivity index (χ3n) is 6.16. The van der Waals surface area contributed by atoms with Crippen molar-refractivity contribution in [1.29, 1.82) is 0 Å². The van der Waals surface area contributed by atoms with Crippen molar-refractivity contribution in [2.24, 2.45) is 5.92 Å². The van der Waals surface area contributed by atoms with E-state index in [1.54, 1.807) is 6.26 Å². The number of furan rings is 1. The molecule has 0 spiro atoms. The van der Waals surface area contributed by atoms with Gasteiger partial charge in [-0.15, -0.1) is 0 Å². The van der Waals surface area contributed by atoms with E-state index in [1.165, 1.54) is 0 Å². The average Bonchev–Trinajstić information content (AvgIpc) is 3.57. The number of hydrogen-bond donors (Lipinski definition) is 0. The Kier molecular flexibility index (Phi) is 6.75. The number of benzene rings is 1. The molecular formula is C25H31N3O3. The van der Waals surface area contributed by atoms with Crippen LogP contribution in [0.1, 0.15) is 50.9 Å². The lowest BCUT2D eigenvalue weighted by Crippen LogP contribution is -2.35. The van der Waals surface area contributed by atoms with Gasteiger partial charge in [-0.2, -0.15) is 0 Å². The van der Waals surface area contributed by atoms with Gasteiger partial charge < -0.3 is 18.7 Å². The van der Waals surface area contributed by atoms with Crippen LogP contribution in [0.2, 0.25) is 0 Å². The summed E-state index contributed by atoms with van der Waals surface area (Å²) in [7, 11) is 0. The quantitative estimate of drug-likeness (QED) is 0.456. The molecule has 0 aliphatic heterocycles. The third-order valence-corrected chi connectivity index (χ3v) is 6.16. The maximum absolute atomic E-state index is 13.5. The average molecular weight is 422 g/mol. The Morgan fingerprint density at radius 3 is 2.42 bits per heavy atom. The molecule has 6 nitrogen and oxygen atoms in total. The van der Waals surface area contributed by atoms with Crippen molar-refractivity contribution in [3.8, 4) is 11.3 Å². The molecular weight excluding hydrogens is 390 g/mol. The largest absolute Gasteiger partial charge is 0.467 e. The molecule has 1 aliphatic carbocycles. The van der Waals surface area contributed by atoms with Gasteiger partial charge in [-0.1, -0.05) is 48.3 Å². The molecule has 6 heteroatoms. The fraction of sp³-hybridized carbons (Fsp3) is 0.440. The van der Waals surface area contributed by atoms with Gasteiger partial charge in [0.15, 0.2) is 0 Å². The van der Waals surface area contributed by atoms with E-state index in [4.69, 9.17) is 8.94 Å². The molecule has 1 amide bonds. The summed E-state index contributed by atoms with van der Waals surface area (Å²) in [6.07, 6.45) is 5.83. The van der Waals surface area contributed by atoms with Crippen molar-refractivity contribution in [3.05, 3.63) is 60.1 Å². The minimum atomic E-state index is 0.0897. The van der Waals surface area contributed by atoms with Crippen LogP contribution in [-0.4, -0.2) is 29.1 Å². The number of amides is 1. The van der Waals surface area contributed by atoms with Crippen molar-refractivity contribution in [2.75, 3.05) is 18.0 Å². The van der Waals surface area contributed by atoms with Gasteiger partial charge in [0, 0.05) is 24.6 Å². The van der Waals surface area contributed by atoms with Gasteiger partial charge in [-0.25, -0.2) is 0 Å². The molecule has 164 valence electrons. The SMILES string of the molecule is CCN(CC)c1onc(-c2ccccc2)c1CN(Cc1ccco1)C(=O)C1CCCC1. The number of carbonyl (C=O) groups is 1. The zero-order valence-corrected chi connectivity index (χ0v) is 18.4. The topological polar surface area (TPSA) is 62.7 Å². The Hall–Kier alpha value is -3.02. The second-order valence-electron chi connectivity index (χ2n) is 8.11. The lowest BCUT2D eigenvalue weighted by atomic mass is 10.0. The van der Waals surface area contributed by atoms with Gasteiger partial charge in [-0.05, 0) is 38.8 Å². The molecule has 0 bridgehead atoms. The maximum atomic E-state index is 13.5. The van der Waals surface area contributed by atoms with Crippen LogP contribution < -0.4 is 4.90 Å². The van der Waals surface area contributed by atoms with Crippen LogP contribution in [0.3, 0.4) is 0 Å². The molecule has 0 atom stereocenters. The summed E-state index contributed by atoms with van der Waals surface area (Å²) in [5, 5.41) is 4.43. The van der Waals surface area contributed by atoms with Gasteiger partial charge in [0.1, 0.15) is 11.5 Å². The molecule has 0 unspecified atom stereocenters. The summed E-state index contributed by atoms with van der Waals surface area (Å²) >= 11 is 0. The van der Waals surface area contributed by atoms with Crippen molar-refractivity contribution < 1.29 is 13.7 Å². The lowest BCUT2D eigenvalue weighted by molar-refractivity contribution is -0.136. The van der Waals surface area contributed by atoms with Crippen LogP contribution in [0, 0.1) is 5.92 Å². The van der Waals surface area contributed by atoms with Crippen molar-refractivity contribution >= 4 is 11.8 Å². The Morgan fingerprint density at radius 2 is 1.77 bits per heavy atom. The molecule has 1 aromatic carbocycles. The number of anilines is 1. The van der Waals surface area contributed by atoms with Gasteiger partial charge in [-0.3, -0.25) is 4.79 Å². The standard InChI is InChI=1S/C25H31N3O3/c1-3-27(4-2)25-22(23(26-31-25)19-11-6-5-7-12-19)18-28(17-21-15-10-16-30-21)24(29)20-13-8-9-14-20/h5-7,10-12,15-16,20H,3-4,8-9,13-14,17-18H2,1-2H3. The van der Waals surface area contributed by atoms with E-state index in [2.05, 4.69) is 23.9 Å². The molecule has 1 aliphatic rings. The molecule has 0 radical (unpaired) electrons. The van der Waals surface area contributed by atoms with Crippen LogP contribution in [0.4, 0.5) is 5.88 Å². The number of aromatic nitrogens is 1. The first-order valence-corrected chi connectivity index (χ1v) is 11.3. The van der Waals surface area contributed by atoms with Crippen LogP contribution in [0.15, 0.2) is 57.7 Å². The smallest absolute Gasteiger partial charge is 0.232 e. The second kappa shape index (κ2) is 9.86. The predicted molar refractivity (Wildman–Crippen MR) is 120 cm³/mol. The van der Waals surface area contributed by atoms with E-state index in [1.807, 2.05) is 47.4 Å². The minimum Gasteiger partial charge on any atom is -0.467 e. The van der Waals surface area contributed by atoms with Gasteiger partial charge in [0.2, 0.25) is 11.8 Å². The van der Waals surface area contributed by atoms with E-state index in [0.717, 1.165) is 67.2 Å². The first-order valence-electron chi connectivity index (χ1n) is 11.3. The Morgan fingerprint density at radius 1 is 1.03 bits per heavy atom. The monoisotopic (exact) mass is 421 g/mol. The zero-order chi connectivity index (χ0) is 21.6. The molecule has 0 saturated heterocycles. The first-order chi connectivity index (χ1) is 15.2. The van der Waals surface area contributed by atoms with E-state index < -0.39 is 0 Å². The second-order valence-corrected chi connectivity index (χ2v) is 8.11. The number of rotatable bonds is 9. The van der Waals surface area contributed by atoms with Crippen LogP contribution in [-0.2, 0) is 17.9 Å². The van der Waals surface area contributed by atoms with E-state index in [-0.39, 0.29) is 11.8 Å². The molecule has 2 heterocycles. The van der Waals surface area contributed by atoms with Crippen molar-refractivity contribution in [2.45, 2.75) is 52.6 Å². The maximum Gasteiger partial charge on any atom is 0.232 e. The highest BCUT2D eigenvalue weighted by molar-refractivity contribution is 5.80. The van der Waals surface area contributed by atoms with Crippen molar-refractivity contribution in [1.82, 2.24) is 10.1 Å². The normalized spacial score (nSPS) is 14.1. The molecule has 0 N–H and O–H groups in total. The Bertz CT molecular complexity index is 955. The fourth-order valence-corrected chi connectivity index (χ4v) is 4.45. The first kappa shape index (κ1) is 21.2. The molecule has 3 aromatic rings. The van der Waals surface area contributed by atoms with Gasteiger partial charge in [0.25, 0.3) is 0 Å². The predicted octanol–water partition coefficient (Wildman–Crippen LogP) is 5.50. The number of hydrogen-bond acceptors (Lipinski definition) is 5. The minimum absolute atomic E-state index is 0.0897. The molecule has 4 rings (SSSR count). The molecule has 31 heavy (non-hydrogen) atoms.